The normalized spacial score (nSPS) is 19.8. The number of amides is 1. The van der Waals surface area contributed by atoms with Crippen LogP contribution in [0.25, 0.3) is 6.08 Å². The van der Waals surface area contributed by atoms with Gasteiger partial charge in [0.15, 0.2) is 0 Å². The Kier molecular flexibility index (Phi) is 6.44. The minimum absolute atomic E-state index is 0.107. The van der Waals surface area contributed by atoms with Gasteiger partial charge in [-0.1, -0.05) is 42.5 Å². The Morgan fingerprint density at radius 3 is 2.95 bits per heavy atom. The summed E-state index contributed by atoms with van der Waals surface area (Å²) in [4.78, 5) is 14.3. The molecule has 1 heterocycles. The standard InChI is InChI=1S/C17H25N3O/c18-10-11-19-17(21)16-9-5-13-20(14-16)12-4-8-15-6-2-1-3-7-15/h1-4,6-8,16H,5,9-14,18H2,(H,19,21). The minimum Gasteiger partial charge on any atom is -0.355 e. The molecule has 1 aromatic rings. The summed E-state index contributed by atoms with van der Waals surface area (Å²) in [5, 5.41) is 2.90. The predicted octanol–water partition coefficient (Wildman–Crippen LogP) is 1.49. The van der Waals surface area contributed by atoms with E-state index in [9.17, 15) is 4.79 Å². The summed E-state index contributed by atoms with van der Waals surface area (Å²) >= 11 is 0. The largest absolute Gasteiger partial charge is 0.355 e. The lowest BCUT2D eigenvalue weighted by atomic mass is 9.97. The highest BCUT2D eigenvalue weighted by Gasteiger charge is 2.24. The van der Waals surface area contributed by atoms with Crippen molar-refractivity contribution in [2.45, 2.75) is 12.8 Å². The topological polar surface area (TPSA) is 58.4 Å². The van der Waals surface area contributed by atoms with E-state index in [4.69, 9.17) is 5.73 Å². The highest BCUT2D eigenvalue weighted by Crippen LogP contribution is 2.16. The number of carbonyl (C=O) groups is 1. The van der Waals surface area contributed by atoms with E-state index in [1.807, 2.05) is 18.2 Å². The van der Waals surface area contributed by atoms with Crippen LogP contribution in [0, 0.1) is 5.92 Å². The molecule has 4 nitrogen and oxygen atoms in total. The Bertz CT molecular complexity index is 458. The zero-order chi connectivity index (χ0) is 14.9. The first-order valence-corrected chi connectivity index (χ1v) is 7.71. The van der Waals surface area contributed by atoms with E-state index in [0.717, 1.165) is 32.5 Å². The smallest absolute Gasteiger partial charge is 0.224 e. The van der Waals surface area contributed by atoms with Crippen LogP contribution in [0.3, 0.4) is 0 Å². The number of carbonyl (C=O) groups excluding carboxylic acids is 1. The molecule has 3 N–H and O–H groups in total. The number of likely N-dealkylation sites (tertiary alicyclic amines) is 1. The second-order valence-corrected chi connectivity index (χ2v) is 5.49. The molecule has 114 valence electrons. The Morgan fingerprint density at radius 2 is 2.19 bits per heavy atom. The summed E-state index contributed by atoms with van der Waals surface area (Å²) in [6.45, 7) is 3.89. The van der Waals surface area contributed by atoms with Crippen LogP contribution in [-0.2, 0) is 4.79 Å². The molecular weight excluding hydrogens is 262 g/mol. The summed E-state index contributed by atoms with van der Waals surface area (Å²) in [6, 6.07) is 10.3. The average Bonchev–Trinajstić information content (AvgIpc) is 2.54. The predicted molar refractivity (Wildman–Crippen MR) is 86.7 cm³/mol. The first-order valence-electron chi connectivity index (χ1n) is 7.71. The van der Waals surface area contributed by atoms with E-state index in [-0.39, 0.29) is 11.8 Å². The fourth-order valence-corrected chi connectivity index (χ4v) is 2.68. The summed E-state index contributed by atoms with van der Waals surface area (Å²) in [6.07, 6.45) is 6.38. The Labute approximate surface area is 127 Å². The third-order valence-electron chi connectivity index (χ3n) is 3.79. The van der Waals surface area contributed by atoms with E-state index in [2.05, 4.69) is 34.5 Å². The molecule has 0 bridgehead atoms. The molecule has 1 unspecified atom stereocenters. The third kappa shape index (κ3) is 5.33. The van der Waals surface area contributed by atoms with Crippen LogP contribution in [0.5, 0.6) is 0 Å². The van der Waals surface area contributed by atoms with Gasteiger partial charge in [0.2, 0.25) is 5.91 Å². The zero-order valence-corrected chi connectivity index (χ0v) is 12.5. The summed E-state index contributed by atoms with van der Waals surface area (Å²) in [5.74, 6) is 0.257. The van der Waals surface area contributed by atoms with Gasteiger partial charge < -0.3 is 11.1 Å². The highest BCUT2D eigenvalue weighted by atomic mass is 16.1. The fraction of sp³-hybridized carbons (Fsp3) is 0.471. The van der Waals surface area contributed by atoms with Crippen molar-refractivity contribution in [3.63, 3.8) is 0 Å². The van der Waals surface area contributed by atoms with Gasteiger partial charge in [-0.3, -0.25) is 9.69 Å². The van der Waals surface area contributed by atoms with Gasteiger partial charge in [-0.05, 0) is 24.9 Å². The third-order valence-corrected chi connectivity index (χ3v) is 3.79. The van der Waals surface area contributed by atoms with Gasteiger partial charge in [-0.25, -0.2) is 0 Å². The van der Waals surface area contributed by atoms with Crippen molar-refractivity contribution in [2.75, 3.05) is 32.7 Å². The maximum atomic E-state index is 12.0. The van der Waals surface area contributed by atoms with Crippen molar-refractivity contribution < 1.29 is 4.79 Å². The van der Waals surface area contributed by atoms with Crippen LogP contribution in [0.15, 0.2) is 36.4 Å². The van der Waals surface area contributed by atoms with Crippen molar-refractivity contribution in [3.05, 3.63) is 42.0 Å². The number of piperidine rings is 1. The molecule has 0 radical (unpaired) electrons. The fourth-order valence-electron chi connectivity index (χ4n) is 2.68. The minimum atomic E-state index is 0.107. The summed E-state index contributed by atoms with van der Waals surface area (Å²) in [7, 11) is 0. The molecule has 2 rings (SSSR count). The van der Waals surface area contributed by atoms with Gasteiger partial charge in [0.1, 0.15) is 0 Å². The van der Waals surface area contributed by atoms with E-state index in [0.29, 0.717) is 13.1 Å². The van der Waals surface area contributed by atoms with Gasteiger partial charge in [-0.15, -0.1) is 0 Å². The molecule has 1 fully saturated rings. The quantitative estimate of drug-likeness (QED) is 0.833. The van der Waals surface area contributed by atoms with E-state index in [1.54, 1.807) is 0 Å². The maximum Gasteiger partial charge on any atom is 0.224 e. The van der Waals surface area contributed by atoms with Crippen molar-refractivity contribution in [3.8, 4) is 0 Å². The molecule has 1 atom stereocenters. The van der Waals surface area contributed by atoms with Crippen molar-refractivity contribution in [1.82, 2.24) is 10.2 Å². The Morgan fingerprint density at radius 1 is 1.38 bits per heavy atom. The van der Waals surface area contributed by atoms with Crippen LogP contribution in [-0.4, -0.2) is 43.5 Å². The molecule has 4 heteroatoms. The van der Waals surface area contributed by atoms with Crippen molar-refractivity contribution in [2.24, 2.45) is 11.7 Å². The zero-order valence-electron chi connectivity index (χ0n) is 12.5. The van der Waals surface area contributed by atoms with E-state index in [1.165, 1.54) is 5.56 Å². The number of hydrogen-bond donors (Lipinski definition) is 2. The highest BCUT2D eigenvalue weighted by molar-refractivity contribution is 5.78. The van der Waals surface area contributed by atoms with E-state index >= 15 is 0 Å². The lowest BCUT2D eigenvalue weighted by Crippen LogP contribution is -2.44. The molecule has 21 heavy (non-hydrogen) atoms. The van der Waals surface area contributed by atoms with E-state index < -0.39 is 0 Å². The Balaban J connectivity index is 1.78. The second-order valence-electron chi connectivity index (χ2n) is 5.49. The van der Waals surface area contributed by atoms with Gasteiger partial charge in [0.25, 0.3) is 0 Å². The first-order chi connectivity index (χ1) is 10.3. The number of nitrogens with one attached hydrogen (secondary N) is 1. The lowest BCUT2D eigenvalue weighted by Gasteiger charge is -2.31. The number of nitrogens with two attached hydrogens (primary N) is 1. The summed E-state index contributed by atoms with van der Waals surface area (Å²) < 4.78 is 0. The van der Waals surface area contributed by atoms with Crippen LogP contribution < -0.4 is 11.1 Å². The Hall–Kier alpha value is -1.65. The van der Waals surface area contributed by atoms with Crippen LogP contribution in [0.1, 0.15) is 18.4 Å². The maximum absolute atomic E-state index is 12.0. The molecule has 1 saturated heterocycles. The molecule has 0 aliphatic carbocycles. The lowest BCUT2D eigenvalue weighted by molar-refractivity contribution is -0.126. The second kappa shape index (κ2) is 8.60. The average molecular weight is 287 g/mol. The van der Waals surface area contributed by atoms with Crippen molar-refractivity contribution in [1.29, 1.82) is 0 Å². The molecule has 0 aromatic heterocycles. The monoisotopic (exact) mass is 287 g/mol. The van der Waals surface area contributed by atoms with Gasteiger partial charge >= 0.3 is 0 Å². The molecular formula is C17H25N3O. The number of benzene rings is 1. The first kappa shape index (κ1) is 15.7. The van der Waals surface area contributed by atoms with Crippen LogP contribution in [0.4, 0.5) is 0 Å². The molecule has 1 aliphatic rings. The number of nitrogens with zero attached hydrogens (tertiary/aromatic N) is 1. The molecule has 1 amide bonds. The van der Waals surface area contributed by atoms with Gasteiger partial charge in [0, 0.05) is 26.2 Å². The SMILES string of the molecule is NCCNC(=O)C1CCCN(CC=Cc2ccccc2)C1. The van der Waals surface area contributed by atoms with Crippen molar-refractivity contribution >= 4 is 12.0 Å². The van der Waals surface area contributed by atoms with Gasteiger partial charge in [0.05, 0.1) is 5.92 Å². The number of hydrogen-bond acceptors (Lipinski definition) is 3. The van der Waals surface area contributed by atoms with Crippen LogP contribution in [0.2, 0.25) is 0 Å². The molecule has 1 aliphatic heterocycles. The molecule has 0 saturated carbocycles. The number of rotatable bonds is 6. The summed E-state index contributed by atoms with van der Waals surface area (Å²) in [5.41, 5.74) is 6.63. The molecule has 0 spiro atoms. The van der Waals surface area contributed by atoms with Crippen LogP contribution >= 0.6 is 0 Å². The molecule has 1 aromatic carbocycles. The van der Waals surface area contributed by atoms with Gasteiger partial charge in [-0.2, -0.15) is 0 Å².